The fraction of sp³-hybridized carbons (Fsp3) is 0.826. The van der Waals surface area contributed by atoms with Crippen LogP contribution in [0.5, 0.6) is 0 Å². The molecule has 1 heterocycles. The van der Waals surface area contributed by atoms with Crippen molar-refractivity contribution in [2.24, 2.45) is 0 Å². The summed E-state index contributed by atoms with van der Waals surface area (Å²) in [5.74, 6) is 0.881. The first kappa shape index (κ1) is 22.9. The summed E-state index contributed by atoms with van der Waals surface area (Å²) in [4.78, 5) is 19.4. The molecule has 0 radical (unpaired) electrons. The van der Waals surface area contributed by atoms with Crippen molar-refractivity contribution in [3.8, 4) is 0 Å². The molecule has 0 amide bonds. The highest BCUT2D eigenvalue weighted by atomic mass is 16.1. The fourth-order valence-corrected chi connectivity index (χ4v) is 3.50. The second kappa shape index (κ2) is 16.1. The van der Waals surface area contributed by atoms with Crippen molar-refractivity contribution in [3.05, 3.63) is 27.9 Å². The summed E-state index contributed by atoms with van der Waals surface area (Å²) in [5.41, 5.74) is 0.999. The topological polar surface area (TPSA) is 45.8 Å². The third-order valence-corrected chi connectivity index (χ3v) is 5.15. The highest BCUT2D eigenvalue weighted by molar-refractivity contribution is 5.03. The number of aryl methyl sites for hydroxylation is 2. The minimum atomic E-state index is 0.0172. The second-order valence-corrected chi connectivity index (χ2v) is 7.78. The lowest BCUT2D eigenvalue weighted by Crippen LogP contribution is -2.13. The van der Waals surface area contributed by atoms with Crippen LogP contribution in [0.3, 0.4) is 0 Å². The van der Waals surface area contributed by atoms with Gasteiger partial charge in [-0.15, -0.1) is 0 Å². The number of hydrogen-bond donors (Lipinski definition) is 1. The lowest BCUT2D eigenvalue weighted by molar-refractivity contribution is 0.548. The molecule has 26 heavy (non-hydrogen) atoms. The zero-order valence-corrected chi connectivity index (χ0v) is 17.5. The van der Waals surface area contributed by atoms with Crippen LogP contribution in [0.15, 0.2) is 10.9 Å². The summed E-state index contributed by atoms with van der Waals surface area (Å²) >= 11 is 0. The van der Waals surface area contributed by atoms with Gasteiger partial charge in [0.15, 0.2) is 0 Å². The lowest BCUT2D eigenvalue weighted by Gasteiger charge is -2.05. The number of aromatic nitrogens is 2. The molecule has 0 atom stereocenters. The predicted molar refractivity (Wildman–Crippen MR) is 113 cm³/mol. The van der Waals surface area contributed by atoms with E-state index in [1.165, 1.54) is 83.5 Å². The summed E-state index contributed by atoms with van der Waals surface area (Å²) in [6.07, 6.45) is 21.6. The average Bonchev–Trinajstić information content (AvgIpc) is 2.63. The third kappa shape index (κ3) is 12.3. The molecule has 0 fully saturated rings. The van der Waals surface area contributed by atoms with Crippen LogP contribution in [-0.2, 0) is 12.8 Å². The molecular weight excluding hydrogens is 320 g/mol. The Morgan fingerprint density at radius 1 is 0.692 bits per heavy atom. The van der Waals surface area contributed by atoms with E-state index in [-0.39, 0.29) is 5.56 Å². The van der Waals surface area contributed by atoms with E-state index in [0.717, 1.165) is 37.2 Å². The Hall–Kier alpha value is -1.12. The molecule has 1 aromatic heterocycles. The predicted octanol–water partition coefficient (Wildman–Crippen LogP) is 6.75. The van der Waals surface area contributed by atoms with E-state index in [2.05, 4.69) is 23.8 Å². The molecule has 0 spiro atoms. The smallest absolute Gasteiger partial charge is 0.251 e. The Morgan fingerprint density at radius 2 is 1.15 bits per heavy atom. The highest BCUT2D eigenvalue weighted by Gasteiger charge is 2.02. The van der Waals surface area contributed by atoms with Gasteiger partial charge in [-0.1, -0.05) is 97.3 Å². The van der Waals surface area contributed by atoms with Crippen molar-refractivity contribution in [2.45, 2.75) is 123 Å². The van der Waals surface area contributed by atoms with Gasteiger partial charge < -0.3 is 4.98 Å². The van der Waals surface area contributed by atoms with Crippen molar-refractivity contribution in [3.63, 3.8) is 0 Å². The van der Waals surface area contributed by atoms with Crippen molar-refractivity contribution >= 4 is 0 Å². The van der Waals surface area contributed by atoms with E-state index in [1.54, 1.807) is 6.07 Å². The van der Waals surface area contributed by atoms with Gasteiger partial charge in [-0.05, 0) is 19.3 Å². The van der Waals surface area contributed by atoms with Crippen molar-refractivity contribution < 1.29 is 0 Å². The van der Waals surface area contributed by atoms with Gasteiger partial charge in [0.25, 0.3) is 5.56 Å². The summed E-state index contributed by atoms with van der Waals surface area (Å²) in [5, 5.41) is 0. The van der Waals surface area contributed by atoms with Crippen LogP contribution in [0.1, 0.15) is 122 Å². The Morgan fingerprint density at radius 3 is 1.73 bits per heavy atom. The van der Waals surface area contributed by atoms with Gasteiger partial charge in [0.1, 0.15) is 5.82 Å². The van der Waals surface area contributed by atoms with Crippen LogP contribution in [0.25, 0.3) is 0 Å². The molecule has 1 aromatic rings. The molecule has 0 aliphatic carbocycles. The monoisotopic (exact) mass is 362 g/mol. The molecular formula is C23H42N2O. The summed E-state index contributed by atoms with van der Waals surface area (Å²) < 4.78 is 0. The molecule has 0 aliphatic rings. The molecule has 3 nitrogen and oxygen atoms in total. The maximum atomic E-state index is 11.8. The number of H-pyrrole nitrogens is 1. The normalized spacial score (nSPS) is 11.2. The summed E-state index contributed by atoms with van der Waals surface area (Å²) in [6, 6.07) is 1.69. The van der Waals surface area contributed by atoms with Gasteiger partial charge in [0.2, 0.25) is 0 Å². The zero-order chi connectivity index (χ0) is 18.9. The molecule has 0 saturated heterocycles. The van der Waals surface area contributed by atoms with Crippen LogP contribution in [-0.4, -0.2) is 9.97 Å². The maximum absolute atomic E-state index is 11.8. The standard InChI is InChI=1S/C23H42N2O/c1-3-5-7-9-10-11-12-13-14-15-16-18-21-20-23(26)25-22(24-21)19-17-8-6-4-2/h20H,3-19H2,1-2H3,(H,24,25,26). The Labute approximate surface area is 161 Å². The molecule has 0 aliphatic heterocycles. The van der Waals surface area contributed by atoms with E-state index in [9.17, 15) is 4.79 Å². The van der Waals surface area contributed by atoms with Gasteiger partial charge in [0, 0.05) is 18.2 Å². The van der Waals surface area contributed by atoms with Gasteiger partial charge in [-0.3, -0.25) is 4.79 Å². The lowest BCUT2D eigenvalue weighted by atomic mass is 10.0. The number of hydrogen-bond acceptors (Lipinski definition) is 2. The van der Waals surface area contributed by atoms with Gasteiger partial charge in [-0.25, -0.2) is 4.98 Å². The van der Waals surface area contributed by atoms with Crippen LogP contribution < -0.4 is 5.56 Å². The molecule has 3 heteroatoms. The van der Waals surface area contributed by atoms with Crippen molar-refractivity contribution in [1.82, 2.24) is 9.97 Å². The van der Waals surface area contributed by atoms with Crippen LogP contribution in [0.2, 0.25) is 0 Å². The van der Waals surface area contributed by atoms with Crippen LogP contribution in [0, 0.1) is 0 Å². The van der Waals surface area contributed by atoms with E-state index in [4.69, 9.17) is 0 Å². The number of nitrogens with zero attached hydrogens (tertiary/aromatic N) is 1. The number of unbranched alkanes of at least 4 members (excludes halogenated alkanes) is 13. The fourth-order valence-electron chi connectivity index (χ4n) is 3.50. The Bertz CT molecular complexity index is 495. The van der Waals surface area contributed by atoms with Gasteiger partial charge in [-0.2, -0.15) is 0 Å². The molecule has 150 valence electrons. The van der Waals surface area contributed by atoms with E-state index < -0.39 is 0 Å². The number of rotatable bonds is 17. The Kier molecular flexibility index (Phi) is 14.2. The first-order chi connectivity index (χ1) is 12.8. The molecule has 1 N–H and O–H groups in total. The van der Waals surface area contributed by atoms with E-state index in [0.29, 0.717) is 0 Å². The Balaban J connectivity index is 2.09. The van der Waals surface area contributed by atoms with E-state index in [1.807, 2.05) is 0 Å². The number of nitrogens with one attached hydrogen (secondary N) is 1. The molecule has 0 bridgehead atoms. The summed E-state index contributed by atoms with van der Waals surface area (Å²) in [6.45, 7) is 4.49. The third-order valence-electron chi connectivity index (χ3n) is 5.15. The molecule has 0 saturated carbocycles. The van der Waals surface area contributed by atoms with Crippen molar-refractivity contribution in [2.75, 3.05) is 0 Å². The largest absolute Gasteiger partial charge is 0.311 e. The minimum absolute atomic E-state index is 0.0172. The highest BCUT2D eigenvalue weighted by Crippen LogP contribution is 2.12. The first-order valence-corrected chi connectivity index (χ1v) is 11.4. The molecule has 0 unspecified atom stereocenters. The number of aromatic amines is 1. The molecule has 1 rings (SSSR count). The quantitative estimate of drug-likeness (QED) is 0.312. The minimum Gasteiger partial charge on any atom is -0.311 e. The summed E-state index contributed by atoms with van der Waals surface area (Å²) in [7, 11) is 0. The van der Waals surface area contributed by atoms with Crippen molar-refractivity contribution in [1.29, 1.82) is 0 Å². The second-order valence-electron chi connectivity index (χ2n) is 7.78. The molecule has 0 aromatic carbocycles. The average molecular weight is 363 g/mol. The van der Waals surface area contributed by atoms with Gasteiger partial charge in [0.05, 0.1) is 0 Å². The van der Waals surface area contributed by atoms with Crippen LogP contribution in [0.4, 0.5) is 0 Å². The maximum Gasteiger partial charge on any atom is 0.251 e. The first-order valence-electron chi connectivity index (χ1n) is 11.4. The zero-order valence-electron chi connectivity index (χ0n) is 17.5. The van der Waals surface area contributed by atoms with Gasteiger partial charge >= 0.3 is 0 Å². The van der Waals surface area contributed by atoms with E-state index >= 15 is 0 Å². The SMILES string of the molecule is CCCCCCCCCCCCCc1cc(=O)[nH]c(CCCCCC)n1. The van der Waals surface area contributed by atoms with Crippen LogP contribution >= 0.6 is 0 Å².